The van der Waals surface area contributed by atoms with Crippen LogP contribution in [0.5, 0.6) is 0 Å². The van der Waals surface area contributed by atoms with Gasteiger partial charge in [0, 0.05) is 6.42 Å². The first-order valence-corrected chi connectivity index (χ1v) is 5.40. The van der Waals surface area contributed by atoms with E-state index in [1.807, 2.05) is 0 Å². The van der Waals surface area contributed by atoms with E-state index in [9.17, 15) is 9.59 Å². The Labute approximate surface area is 106 Å². The standard InChI is InChI=1S/C12H18N2O4/c1-13-8-10(12(18-3)14-9-15)6-4-5-7-11(16)17-2/h4,6,9-10H,1,5,7-8H2,2-3H3/b6-4+,14-12?. The molecule has 0 radical (unpaired) electrons. The minimum Gasteiger partial charge on any atom is -0.484 e. The van der Waals surface area contributed by atoms with E-state index in [1.165, 1.54) is 14.2 Å². The van der Waals surface area contributed by atoms with Crippen molar-refractivity contribution < 1.29 is 19.1 Å². The van der Waals surface area contributed by atoms with Gasteiger partial charge in [0.05, 0.1) is 26.7 Å². The van der Waals surface area contributed by atoms with Crippen LogP contribution in [-0.4, -0.2) is 45.8 Å². The molecule has 0 aliphatic rings. The molecule has 6 nitrogen and oxygen atoms in total. The lowest BCUT2D eigenvalue weighted by molar-refractivity contribution is -0.140. The SMILES string of the molecule is C=NCC(/C=C/CCC(=O)OC)C(=NC=O)OC. The highest BCUT2D eigenvalue weighted by molar-refractivity contribution is 5.86. The molecule has 0 bridgehead atoms. The third kappa shape index (κ3) is 6.57. The highest BCUT2D eigenvalue weighted by Gasteiger charge is 2.12. The van der Waals surface area contributed by atoms with Crippen molar-refractivity contribution in [1.82, 2.24) is 0 Å². The van der Waals surface area contributed by atoms with Gasteiger partial charge in [0.25, 0.3) is 0 Å². The van der Waals surface area contributed by atoms with Gasteiger partial charge in [-0.15, -0.1) is 0 Å². The molecule has 0 aromatic rings. The van der Waals surface area contributed by atoms with Crippen LogP contribution in [-0.2, 0) is 19.1 Å². The zero-order valence-electron chi connectivity index (χ0n) is 10.7. The number of carbonyl (C=O) groups is 2. The summed E-state index contributed by atoms with van der Waals surface area (Å²) in [5, 5.41) is 0. The minimum atomic E-state index is -0.272. The lowest BCUT2D eigenvalue weighted by atomic mass is 10.1. The molecule has 0 saturated heterocycles. The van der Waals surface area contributed by atoms with Crippen molar-refractivity contribution in [2.24, 2.45) is 15.9 Å². The van der Waals surface area contributed by atoms with E-state index in [-0.39, 0.29) is 17.8 Å². The van der Waals surface area contributed by atoms with Crippen LogP contribution in [0.1, 0.15) is 12.8 Å². The predicted octanol–water partition coefficient (Wildman–Crippen LogP) is 1.01. The number of amides is 1. The largest absolute Gasteiger partial charge is 0.484 e. The van der Waals surface area contributed by atoms with E-state index in [2.05, 4.69) is 21.4 Å². The molecule has 0 aromatic heterocycles. The Morgan fingerprint density at radius 3 is 2.61 bits per heavy atom. The lowest BCUT2D eigenvalue weighted by Crippen LogP contribution is -2.17. The van der Waals surface area contributed by atoms with Crippen LogP contribution in [0.4, 0.5) is 0 Å². The van der Waals surface area contributed by atoms with Crippen LogP contribution >= 0.6 is 0 Å². The highest BCUT2D eigenvalue weighted by atomic mass is 16.5. The molecule has 0 spiro atoms. The van der Waals surface area contributed by atoms with Crippen LogP contribution in [0.25, 0.3) is 0 Å². The van der Waals surface area contributed by atoms with Gasteiger partial charge in [0.15, 0.2) is 5.90 Å². The molecule has 0 aliphatic carbocycles. The van der Waals surface area contributed by atoms with Gasteiger partial charge in [0.1, 0.15) is 0 Å². The zero-order valence-corrected chi connectivity index (χ0v) is 10.7. The second kappa shape index (κ2) is 10.2. The van der Waals surface area contributed by atoms with E-state index < -0.39 is 0 Å². The Morgan fingerprint density at radius 2 is 2.11 bits per heavy atom. The summed E-state index contributed by atoms with van der Waals surface area (Å²) in [6, 6.07) is 0. The molecule has 0 N–H and O–H groups in total. The fourth-order valence-corrected chi connectivity index (χ4v) is 1.28. The Bertz CT molecular complexity index is 337. The number of rotatable bonds is 8. The zero-order chi connectivity index (χ0) is 13.8. The average molecular weight is 254 g/mol. The molecule has 18 heavy (non-hydrogen) atoms. The third-order valence-corrected chi connectivity index (χ3v) is 2.14. The molecule has 1 atom stereocenters. The summed E-state index contributed by atoms with van der Waals surface area (Å²) in [6.45, 7) is 3.75. The summed E-state index contributed by atoms with van der Waals surface area (Å²) in [5.74, 6) is -0.256. The number of esters is 1. The predicted molar refractivity (Wildman–Crippen MR) is 68.8 cm³/mol. The van der Waals surface area contributed by atoms with Crippen molar-refractivity contribution in [3.63, 3.8) is 0 Å². The summed E-state index contributed by atoms with van der Waals surface area (Å²) < 4.78 is 9.51. The number of methoxy groups -OCH3 is 2. The number of ether oxygens (including phenoxy) is 2. The summed E-state index contributed by atoms with van der Waals surface area (Å²) in [5.41, 5.74) is 0. The average Bonchev–Trinajstić information content (AvgIpc) is 2.39. The van der Waals surface area contributed by atoms with Crippen molar-refractivity contribution in [2.75, 3.05) is 20.8 Å². The number of carbonyl (C=O) groups excluding carboxylic acids is 2. The molecule has 0 aliphatic heterocycles. The van der Waals surface area contributed by atoms with Crippen molar-refractivity contribution in [3.05, 3.63) is 12.2 Å². The van der Waals surface area contributed by atoms with E-state index >= 15 is 0 Å². The van der Waals surface area contributed by atoms with Gasteiger partial charge >= 0.3 is 5.97 Å². The van der Waals surface area contributed by atoms with Gasteiger partial charge in [-0.05, 0) is 13.1 Å². The highest BCUT2D eigenvalue weighted by Crippen LogP contribution is 2.06. The molecular formula is C12H18N2O4. The van der Waals surface area contributed by atoms with E-state index in [4.69, 9.17) is 4.74 Å². The minimum absolute atomic E-state index is 0.254. The van der Waals surface area contributed by atoms with Crippen LogP contribution in [0.3, 0.4) is 0 Å². The molecule has 1 amide bonds. The van der Waals surface area contributed by atoms with Crippen molar-refractivity contribution in [1.29, 1.82) is 0 Å². The first kappa shape index (κ1) is 16.0. The maximum atomic E-state index is 10.9. The molecular weight excluding hydrogens is 236 g/mol. The lowest BCUT2D eigenvalue weighted by Gasteiger charge is -2.10. The summed E-state index contributed by atoms with van der Waals surface area (Å²) in [6.07, 6.45) is 4.83. The Morgan fingerprint density at radius 1 is 1.39 bits per heavy atom. The Hall–Kier alpha value is -1.98. The van der Waals surface area contributed by atoms with Crippen molar-refractivity contribution >= 4 is 25.0 Å². The summed E-state index contributed by atoms with van der Waals surface area (Å²) in [7, 11) is 2.77. The van der Waals surface area contributed by atoms with Gasteiger partial charge in [-0.3, -0.25) is 14.6 Å². The summed E-state index contributed by atoms with van der Waals surface area (Å²) >= 11 is 0. The normalized spacial score (nSPS) is 13.1. The Kier molecular flexibility index (Phi) is 9.07. The van der Waals surface area contributed by atoms with Gasteiger partial charge in [-0.1, -0.05) is 12.2 Å². The van der Waals surface area contributed by atoms with E-state index in [0.29, 0.717) is 25.8 Å². The monoisotopic (exact) mass is 254 g/mol. The van der Waals surface area contributed by atoms with Crippen molar-refractivity contribution in [2.45, 2.75) is 12.8 Å². The van der Waals surface area contributed by atoms with Crippen LogP contribution in [0.2, 0.25) is 0 Å². The first-order valence-electron chi connectivity index (χ1n) is 5.40. The first-order chi connectivity index (χ1) is 8.69. The topological polar surface area (TPSA) is 77.3 Å². The molecule has 0 heterocycles. The number of aliphatic imine (C=N–C) groups is 2. The fourth-order valence-electron chi connectivity index (χ4n) is 1.28. The number of hydrogen-bond acceptors (Lipinski definition) is 5. The van der Waals surface area contributed by atoms with E-state index in [0.717, 1.165) is 0 Å². The van der Waals surface area contributed by atoms with Crippen molar-refractivity contribution in [3.8, 4) is 0 Å². The fraction of sp³-hybridized carbons (Fsp3) is 0.500. The molecule has 0 fully saturated rings. The van der Waals surface area contributed by atoms with Gasteiger partial charge in [-0.25, -0.2) is 0 Å². The number of hydrogen-bond donors (Lipinski definition) is 0. The molecule has 6 heteroatoms. The molecule has 0 rings (SSSR count). The maximum Gasteiger partial charge on any atom is 0.305 e. The maximum absolute atomic E-state index is 10.9. The second-order valence-electron chi connectivity index (χ2n) is 3.33. The molecule has 0 saturated carbocycles. The molecule has 100 valence electrons. The van der Waals surface area contributed by atoms with Crippen LogP contribution in [0.15, 0.2) is 22.1 Å². The summed E-state index contributed by atoms with van der Waals surface area (Å²) in [4.78, 5) is 28.6. The van der Waals surface area contributed by atoms with Crippen LogP contribution < -0.4 is 0 Å². The Balaban J connectivity index is 4.46. The molecule has 1 unspecified atom stereocenters. The number of allylic oxidation sites excluding steroid dienone is 1. The van der Waals surface area contributed by atoms with Gasteiger partial charge < -0.3 is 9.47 Å². The molecule has 0 aromatic carbocycles. The van der Waals surface area contributed by atoms with Gasteiger partial charge in [0.2, 0.25) is 6.41 Å². The van der Waals surface area contributed by atoms with Crippen LogP contribution in [0, 0.1) is 5.92 Å². The quantitative estimate of drug-likeness (QED) is 0.213. The second-order valence-corrected chi connectivity index (χ2v) is 3.33. The smallest absolute Gasteiger partial charge is 0.305 e. The van der Waals surface area contributed by atoms with E-state index in [1.54, 1.807) is 12.2 Å². The number of nitrogens with zero attached hydrogens (tertiary/aromatic N) is 2. The third-order valence-electron chi connectivity index (χ3n) is 2.14. The van der Waals surface area contributed by atoms with Gasteiger partial charge in [-0.2, -0.15) is 4.99 Å².